The Morgan fingerprint density at radius 2 is 1.21 bits per heavy atom. The van der Waals surface area contributed by atoms with Crippen LogP contribution in [0.1, 0.15) is 71.3 Å². The number of rotatable bonds is 3. The Bertz CT molecular complexity index is 924. The van der Waals surface area contributed by atoms with E-state index in [9.17, 15) is 4.79 Å². The first-order valence-corrected chi connectivity index (χ1v) is 12.4. The number of nitrogens with zero attached hydrogens (tertiary/aromatic N) is 1. The highest BCUT2D eigenvalue weighted by atomic mass is 79.9. The van der Waals surface area contributed by atoms with Gasteiger partial charge in [-0.3, -0.25) is 9.79 Å². The molecule has 0 fully saturated rings. The minimum atomic E-state index is -0.285. The minimum absolute atomic E-state index is 0.00456. The number of aliphatic imine (C=N–C) groups is 1. The molecular weight excluding hydrogens is 544 g/mol. The van der Waals surface area contributed by atoms with E-state index in [1.54, 1.807) is 12.1 Å². The summed E-state index contributed by atoms with van der Waals surface area (Å²) in [5.41, 5.74) is 12.6. The van der Waals surface area contributed by atoms with Crippen molar-refractivity contribution in [3.8, 4) is 0 Å². The molecule has 1 aliphatic heterocycles. The van der Waals surface area contributed by atoms with Crippen LogP contribution in [0.15, 0.2) is 62.5 Å². The first-order chi connectivity index (χ1) is 14.9. The van der Waals surface area contributed by atoms with Crippen LogP contribution in [0.4, 0.5) is 0 Å². The van der Waals surface area contributed by atoms with E-state index in [4.69, 9.17) is 16.5 Å². The van der Waals surface area contributed by atoms with Crippen molar-refractivity contribution in [3.63, 3.8) is 0 Å². The second-order valence-corrected chi connectivity index (χ2v) is 12.2. The minimum Gasteiger partial charge on any atom is -0.363 e. The third-order valence-electron chi connectivity index (χ3n) is 6.14. The molecule has 0 atom stereocenters. The third-order valence-corrected chi connectivity index (χ3v) is 7.19. The van der Waals surface area contributed by atoms with Gasteiger partial charge in [0, 0.05) is 31.2 Å². The second kappa shape index (κ2) is 11.3. The predicted octanol–water partition coefficient (Wildman–Crippen LogP) is 6.08. The molecule has 0 spiro atoms. The molecule has 7 heteroatoms. The maximum Gasteiger partial charge on any atom is 0.150 e. The summed E-state index contributed by atoms with van der Waals surface area (Å²) in [5, 5.41) is 3.49. The molecule has 1 aliphatic rings. The fourth-order valence-corrected chi connectivity index (χ4v) is 2.71. The van der Waals surface area contributed by atoms with Crippen molar-refractivity contribution in [2.45, 2.75) is 77.5 Å². The summed E-state index contributed by atoms with van der Waals surface area (Å²) in [6.45, 7) is 16.4. The SMILES string of the molecule is CC(C)(N)C(C)(C)N.CC1(C)N=C(c2ccc(Br)cc2)NC1(C)C.O=Cc1ccc(Br)cc1. The second-order valence-electron chi connectivity index (χ2n) is 10.4. The molecule has 0 saturated carbocycles. The number of nitrogens with two attached hydrogens (primary N) is 2. The summed E-state index contributed by atoms with van der Waals surface area (Å²) in [7, 11) is 0. The predicted molar refractivity (Wildman–Crippen MR) is 148 cm³/mol. The molecule has 5 N–H and O–H groups in total. The zero-order chi connectivity index (χ0) is 25.7. The van der Waals surface area contributed by atoms with Gasteiger partial charge in [-0.1, -0.05) is 56.1 Å². The Kier molecular flexibility index (Phi) is 10.1. The van der Waals surface area contributed by atoms with E-state index >= 15 is 0 Å². The van der Waals surface area contributed by atoms with Crippen LogP contribution in [0.3, 0.4) is 0 Å². The van der Waals surface area contributed by atoms with E-state index in [0.717, 1.165) is 26.6 Å². The van der Waals surface area contributed by atoms with Gasteiger partial charge in [0.05, 0.1) is 11.1 Å². The van der Waals surface area contributed by atoms with E-state index in [1.165, 1.54) is 0 Å². The molecular formula is C26H38Br2N4O. The standard InChI is InChI=1S/C13H17BrN2.C7H5BrO.C6H16N2/c1-12(2)13(3,4)16-11(15-12)9-5-7-10(14)8-6-9;8-7-3-1-6(5-9)2-4-7;1-5(2,7)6(3,4)8/h5-8H,1-4H3,(H,15,16);1-5H;7-8H2,1-4H3. The Morgan fingerprint density at radius 3 is 1.52 bits per heavy atom. The van der Waals surface area contributed by atoms with E-state index in [1.807, 2.05) is 52.0 Å². The van der Waals surface area contributed by atoms with E-state index in [-0.39, 0.29) is 22.2 Å². The molecule has 33 heavy (non-hydrogen) atoms. The largest absolute Gasteiger partial charge is 0.363 e. The number of carbonyl (C=O) groups is 1. The van der Waals surface area contributed by atoms with Crippen LogP contribution in [-0.2, 0) is 0 Å². The van der Waals surface area contributed by atoms with E-state index in [0.29, 0.717) is 5.56 Å². The van der Waals surface area contributed by atoms with Crippen molar-refractivity contribution >= 4 is 44.0 Å². The third kappa shape index (κ3) is 8.96. The molecule has 2 aromatic carbocycles. The van der Waals surface area contributed by atoms with Crippen molar-refractivity contribution in [3.05, 3.63) is 68.6 Å². The summed E-state index contributed by atoms with van der Waals surface area (Å²) >= 11 is 6.70. The number of amidine groups is 1. The fourth-order valence-electron chi connectivity index (χ4n) is 2.18. The van der Waals surface area contributed by atoms with Crippen LogP contribution in [0, 0.1) is 0 Å². The number of hydrogen-bond donors (Lipinski definition) is 3. The quantitative estimate of drug-likeness (QED) is 0.383. The molecule has 0 aliphatic carbocycles. The molecule has 0 saturated heterocycles. The summed E-state index contributed by atoms with van der Waals surface area (Å²) < 4.78 is 2.08. The molecule has 182 valence electrons. The molecule has 3 rings (SSSR count). The van der Waals surface area contributed by atoms with Gasteiger partial charge in [-0.05, 0) is 79.7 Å². The summed E-state index contributed by atoms with van der Waals surface area (Å²) in [5.74, 6) is 0.988. The molecule has 1 heterocycles. The topological polar surface area (TPSA) is 93.5 Å². The van der Waals surface area contributed by atoms with Crippen LogP contribution in [0.5, 0.6) is 0 Å². The number of hydrogen-bond acceptors (Lipinski definition) is 5. The zero-order valence-electron chi connectivity index (χ0n) is 21.0. The number of carbonyl (C=O) groups excluding carboxylic acids is 1. The zero-order valence-corrected chi connectivity index (χ0v) is 24.1. The van der Waals surface area contributed by atoms with Gasteiger partial charge < -0.3 is 16.8 Å². The smallest absolute Gasteiger partial charge is 0.150 e. The van der Waals surface area contributed by atoms with E-state index < -0.39 is 0 Å². The molecule has 5 nitrogen and oxygen atoms in total. The van der Waals surface area contributed by atoms with Crippen molar-refractivity contribution in [1.82, 2.24) is 5.32 Å². The Balaban J connectivity index is 0.000000273. The summed E-state index contributed by atoms with van der Waals surface area (Å²) in [6, 6.07) is 15.4. The van der Waals surface area contributed by atoms with Crippen LogP contribution in [0.25, 0.3) is 0 Å². The molecule has 0 aromatic heterocycles. The average Bonchev–Trinajstić information content (AvgIpc) is 2.90. The lowest BCUT2D eigenvalue weighted by atomic mass is 9.85. The lowest BCUT2D eigenvalue weighted by molar-refractivity contribution is 0.112. The highest BCUT2D eigenvalue weighted by Crippen LogP contribution is 2.31. The first kappa shape index (κ1) is 29.5. The summed E-state index contributed by atoms with van der Waals surface area (Å²) in [4.78, 5) is 14.9. The van der Waals surface area contributed by atoms with Gasteiger partial charge in [-0.25, -0.2) is 0 Å². The maximum absolute atomic E-state index is 10.1. The van der Waals surface area contributed by atoms with Crippen molar-refractivity contribution < 1.29 is 4.79 Å². The van der Waals surface area contributed by atoms with Gasteiger partial charge in [0.2, 0.25) is 0 Å². The van der Waals surface area contributed by atoms with Crippen LogP contribution < -0.4 is 16.8 Å². The molecule has 0 radical (unpaired) electrons. The van der Waals surface area contributed by atoms with Gasteiger partial charge in [0.1, 0.15) is 12.1 Å². The van der Waals surface area contributed by atoms with Crippen LogP contribution in [0.2, 0.25) is 0 Å². The average molecular weight is 582 g/mol. The molecule has 2 aromatic rings. The van der Waals surface area contributed by atoms with Crippen LogP contribution in [-0.4, -0.2) is 34.3 Å². The molecule has 0 amide bonds. The maximum atomic E-state index is 10.1. The van der Waals surface area contributed by atoms with Crippen molar-refractivity contribution in [2.24, 2.45) is 16.5 Å². The molecule has 0 bridgehead atoms. The van der Waals surface area contributed by atoms with Gasteiger partial charge in [0.15, 0.2) is 0 Å². The highest BCUT2D eigenvalue weighted by molar-refractivity contribution is 9.10. The summed E-state index contributed by atoms with van der Waals surface area (Å²) in [6.07, 6.45) is 0.826. The Morgan fingerprint density at radius 1 is 0.818 bits per heavy atom. The first-order valence-electron chi connectivity index (χ1n) is 10.8. The highest BCUT2D eigenvalue weighted by Gasteiger charge is 2.42. The Labute approximate surface area is 216 Å². The van der Waals surface area contributed by atoms with E-state index in [2.05, 4.69) is 77.0 Å². The number of nitrogens with one attached hydrogen (secondary N) is 1. The van der Waals surface area contributed by atoms with Gasteiger partial charge in [-0.15, -0.1) is 0 Å². The molecule has 0 unspecified atom stereocenters. The lowest BCUT2D eigenvalue weighted by Crippen LogP contribution is -2.58. The van der Waals surface area contributed by atoms with Crippen LogP contribution >= 0.6 is 31.9 Å². The number of benzene rings is 2. The Hall–Kier alpha value is -1.54. The monoisotopic (exact) mass is 580 g/mol. The van der Waals surface area contributed by atoms with Crippen molar-refractivity contribution in [2.75, 3.05) is 0 Å². The normalized spacial score (nSPS) is 16.3. The van der Waals surface area contributed by atoms with Gasteiger partial charge in [-0.2, -0.15) is 0 Å². The number of halogens is 2. The fraction of sp³-hybridized carbons (Fsp3) is 0.462. The van der Waals surface area contributed by atoms with Gasteiger partial charge >= 0.3 is 0 Å². The number of aldehydes is 1. The van der Waals surface area contributed by atoms with Gasteiger partial charge in [0.25, 0.3) is 0 Å². The van der Waals surface area contributed by atoms with Crippen molar-refractivity contribution in [1.29, 1.82) is 0 Å². The lowest BCUT2D eigenvalue weighted by Gasteiger charge is -2.34.